The zero-order valence-corrected chi connectivity index (χ0v) is 15.4. The number of carbonyl (C=O) groups excluding carboxylic acids is 1. The molecule has 2 fully saturated rings. The van der Waals surface area contributed by atoms with Crippen LogP contribution in [0.2, 0.25) is 10.0 Å². The number of hydrogen-bond donors (Lipinski definition) is 1. The van der Waals surface area contributed by atoms with E-state index in [0.29, 0.717) is 34.7 Å². The maximum absolute atomic E-state index is 12.4. The fraction of sp³-hybridized carbons (Fsp3) is 0.474. The lowest BCUT2D eigenvalue weighted by Gasteiger charge is -2.20. The van der Waals surface area contributed by atoms with E-state index >= 15 is 0 Å². The number of anilines is 1. The van der Waals surface area contributed by atoms with Crippen molar-refractivity contribution in [3.63, 3.8) is 0 Å². The normalized spacial score (nSPS) is 24.6. The maximum atomic E-state index is 12.4. The van der Waals surface area contributed by atoms with Crippen LogP contribution < -0.4 is 5.32 Å². The average molecular weight is 378 g/mol. The van der Waals surface area contributed by atoms with Gasteiger partial charge < -0.3 is 5.32 Å². The maximum Gasteiger partial charge on any atom is 0.225 e. The van der Waals surface area contributed by atoms with E-state index in [9.17, 15) is 4.79 Å². The number of aromatic nitrogens is 2. The Labute approximate surface area is 157 Å². The van der Waals surface area contributed by atoms with Crippen molar-refractivity contribution in [2.24, 2.45) is 17.8 Å². The molecule has 4 rings (SSSR count). The highest BCUT2D eigenvalue weighted by molar-refractivity contribution is 6.33. The third-order valence-corrected chi connectivity index (χ3v) is 6.09. The van der Waals surface area contributed by atoms with Gasteiger partial charge in [0.05, 0.1) is 6.54 Å². The van der Waals surface area contributed by atoms with Crippen LogP contribution in [0.25, 0.3) is 0 Å². The summed E-state index contributed by atoms with van der Waals surface area (Å²) < 4.78 is 1.73. The molecule has 2 aliphatic rings. The van der Waals surface area contributed by atoms with Gasteiger partial charge in [0.1, 0.15) is 5.02 Å². The van der Waals surface area contributed by atoms with Crippen LogP contribution in [-0.2, 0) is 11.3 Å². The molecule has 1 heterocycles. The summed E-state index contributed by atoms with van der Waals surface area (Å²) in [5, 5.41) is 8.47. The van der Waals surface area contributed by atoms with E-state index in [0.717, 1.165) is 17.4 Å². The minimum absolute atomic E-state index is 0.0243. The summed E-state index contributed by atoms with van der Waals surface area (Å²) in [4.78, 5) is 12.4. The third-order valence-electron chi connectivity index (χ3n) is 5.56. The third kappa shape index (κ3) is 3.85. The molecule has 3 atom stereocenters. The molecule has 2 saturated carbocycles. The number of nitrogens with zero attached hydrogens (tertiary/aromatic N) is 2. The number of amides is 1. The predicted octanol–water partition coefficient (Wildman–Crippen LogP) is 5.00. The zero-order chi connectivity index (χ0) is 17.4. The van der Waals surface area contributed by atoms with Crippen LogP contribution in [0, 0.1) is 17.8 Å². The predicted molar refractivity (Wildman–Crippen MR) is 100.0 cm³/mol. The number of halogens is 2. The monoisotopic (exact) mass is 377 g/mol. The number of hydrogen-bond acceptors (Lipinski definition) is 2. The molecule has 0 saturated heterocycles. The van der Waals surface area contributed by atoms with Gasteiger partial charge in [-0.25, -0.2) is 0 Å². The van der Waals surface area contributed by atoms with Gasteiger partial charge in [-0.1, -0.05) is 41.8 Å². The summed E-state index contributed by atoms with van der Waals surface area (Å²) in [5.74, 6) is 2.60. The van der Waals surface area contributed by atoms with Gasteiger partial charge in [0.2, 0.25) is 5.91 Å². The van der Waals surface area contributed by atoms with E-state index in [2.05, 4.69) is 10.4 Å². The van der Waals surface area contributed by atoms with Gasteiger partial charge in [0.15, 0.2) is 5.82 Å². The highest BCUT2D eigenvalue weighted by Crippen LogP contribution is 2.49. The summed E-state index contributed by atoms with van der Waals surface area (Å²) in [6.07, 6.45) is 7.49. The fourth-order valence-corrected chi connectivity index (χ4v) is 4.71. The molecule has 3 unspecified atom stereocenters. The molecule has 2 aliphatic carbocycles. The molecular formula is C19H21Cl2N3O. The second-order valence-corrected chi connectivity index (χ2v) is 8.18. The number of rotatable bonds is 5. The van der Waals surface area contributed by atoms with Crippen molar-refractivity contribution in [1.29, 1.82) is 0 Å². The Morgan fingerprint density at radius 3 is 2.68 bits per heavy atom. The lowest BCUT2D eigenvalue weighted by atomic mass is 9.86. The smallest absolute Gasteiger partial charge is 0.225 e. The molecular weight excluding hydrogens is 357 g/mol. The topological polar surface area (TPSA) is 46.9 Å². The molecule has 4 nitrogen and oxygen atoms in total. The minimum Gasteiger partial charge on any atom is -0.308 e. The first-order valence-corrected chi connectivity index (χ1v) is 9.59. The fourth-order valence-electron chi connectivity index (χ4n) is 4.39. The standard InChI is InChI=1S/C19H21Cl2N3O/c20-16-5-2-12(3-6-16)10-24-11-17(21)19(23-24)22-18(25)9-15-8-13-1-4-14(15)7-13/h2-3,5-6,11,13-15H,1,4,7-10H2,(H,22,23,25). The Bertz CT molecular complexity index is 771. The minimum atomic E-state index is 0.0243. The molecule has 2 bridgehead atoms. The van der Waals surface area contributed by atoms with Gasteiger partial charge in [-0.05, 0) is 54.7 Å². The molecule has 1 N–H and O–H groups in total. The van der Waals surface area contributed by atoms with Gasteiger partial charge in [-0.2, -0.15) is 5.10 Å². The number of carbonyl (C=O) groups is 1. The van der Waals surface area contributed by atoms with Crippen molar-refractivity contribution in [1.82, 2.24) is 9.78 Å². The Hall–Kier alpha value is -1.52. The lowest BCUT2D eigenvalue weighted by Crippen LogP contribution is -2.20. The molecule has 0 aliphatic heterocycles. The molecule has 25 heavy (non-hydrogen) atoms. The highest BCUT2D eigenvalue weighted by Gasteiger charge is 2.40. The summed E-state index contributed by atoms with van der Waals surface area (Å²) >= 11 is 12.1. The van der Waals surface area contributed by atoms with Gasteiger partial charge in [-0.15, -0.1) is 0 Å². The molecule has 1 aromatic carbocycles. The first kappa shape index (κ1) is 16.9. The van der Waals surface area contributed by atoms with Crippen molar-refractivity contribution >= 4 is 34.9 Å². The van der Waals surface area contributed by atoms with Crippen LogP contribution in [0.1, 0.15) is 37.7 Å². The van der Waals surface area contributed by atoms with Crippen LogP contribution >= 0.6 is 23.2 Å². The molecule has 0 radical (unpaired) electrons. The number of nitrogens with one attached hydrogen (secondary N) is 1. The van der Waals surface area contributed by atoms with Crippen LogP contribution in [-0.4, -0.2) is 15.7 Å². The van der Waals surface area contributed by atoms with Crippen molar-refractivity contribution in [3.8, 4) is 0 Å². The first-order chi connectivity index (χ1) is 12.1. The van der Waals surface area contributed by atoms with Gasteiger partial charge >= 0.3 is 0 Å². The summed E-state index contributed by atoms with van der Waals surface area (Å²) in [7, 11) is 0. The second-order valence-electron chi connectivity index (χ2n) is 7.34. The highest BCUT2D eigenvalue weighted by atomic mass is 35.5. The lowest BCUT2D eigenvalue weighted by molar-refractivity contribution is -0.117. The molecule has 1 aromatic heterocycles. The van der Waals surface area contributed by atoms with E-state index in [4.69, 9.17) is 23.2 Å². The van der Waals surface area contributed by atoms with E-state index in [1.54, 1.807) is 10.9 Å². The molecule has 1 amide bonds. The average Bonchev–Trinajstić information content (AvgIpc) is 3.26. The Balaban J connectivity index is 1.36. The number of benzene rings is 1. The number of fused-ring (bicyclic) bond motifs is 2. The summed E-state index contributed by atoms with van der Waals surface area (Å²) in [5.41, 5.74) is 1.07. The first-order valence-electron chi connectivity index (χ1n) is 8.84. The Morgan fingerprint density at radius 2 is 2.00 bits per heavy atom. The Kier molecular flexibility index (Phi) is 4.74. The van der Waals surface area contributed by atoms with Crippen LogP contribution in [0.4, 0.5) is 5.82 Å². The van der Waals surface area contributed by atoms with E-state index in [1.807, 2.05) is 24.3 Å². The van der Waals surface area contributed by atoms with Gasteiger partial charge in [0, 0.05) is 17.6 Å². The van der Waals surface area contributed by atoms with E-state index < -0.39 is 0 Å². The van der Waals surface area contributed by atoms with E-state index in [1.165, 1.54) is 25.7 Å². The largest absolute Gasteiger partial charge is 0.308 e. The van der Waals surface area contributed by atoms with Crippen molar-refractivity contribution in [2.45, 2.75) is 38.6 Å². The van der Waals surface area contributed by atoms with Crippen molar-refractivity contribution < 1.29 is 4.79 Å². The second kappa shape index (κ2) is 7.00. The van der Waals surface area contributed by atoms with Crippen LogP contribution in [0.15, 0.2) is 30.5 Å². The zero-order valence-electron chi connectivity index (χ0n) is 13.9. The van der Waals surface area contributed by atoms with Crippen molar-refractivity contribution in [2.75, 3.05) is 5.32 Å². The molecule has 6 heteroatoms. The molecule has 132 valence electrons. The van der Waals surface area contributed by atoms with E-state index in [-0.39, 0.29) is 5.91 Å². The SMILES string of the molecule is O=C(CC1CC2CCC1C2)Nc1nn(Cc2ccc(Cl)cc2)cc1Cl. The van der Waals surface area contributed by atoms with Gasteiger partial charge in [0.25, 0.3) is 0 Å². The van der Waals surface area contributed by atoms with Gasteiger partial charge in [-0.3, -0.25) is 9.48 Å². The Morgan fingerprint density at radius 1 is 1.20 bits per heavy atom. The quantitative estimate of drug-likeness (QED) is 0.796. The van der Waals surface area contributed by atoms with Crippen LogP contribution in [0.3, 0.4) is 0 Å². The van der Waals surface area contributed by atoms with Crippen LogP contribution in [0.5, 0.6) is 0 Å². The molecule has 2 aromatic rings. The van der Waals surface area contributed by atoms with Crippen molar-refractivity contribution in [3.05, 3.63) is 46.1 Å². The summed E-state index contributed by atoms with van der Waals surface area (Å²) in [6, 6.07) is 7.59. The summed E-state index contributed by atoms with van der Waals surface area (Å²) in [6.45, 7) is 0.582. The molecule has 0 spiro atoms.